The molecule has 1 fully saturated rings. The molecule has 0 aromatic heterocycles. The molecule has 11 nitrogen and oxygen atoms in total. The van der Waals surface area contributed by atoms with E-state index in [9.17, 15) is 34.8 Å². The van der Waals surface area contributed by atoms with Crippen LogP contribution in [0.5, 0.6) is 17.2 Å². The SMILES string of the molecule is COc1cccc2c1C(=O)c1c(O)c3c(c(O)c1C2=O)CC(O)(C(C)=O)CC3OC1CC(NC(C)C)C(O)C(C)O1.Cl. The second-order valence-electron chi connectivity index (χ2n) is 11.4. The van der Waals surface area contributed by atoms with Crippen LogP contribution in [0.15, 0.2) is 18.2 Å². The van der Waals surface area contributed by atoms with Crippen LogP contribution in [0.25, 0.3) is 0 Å². The van der Waals surface area contributed by atoms with Gasteiger partial charge in [0.1, 0.15) is 22.8 Å². The highest BCUT2D eigenvalue weighted by molar-refractivity contribution is 6.31. The summed E-state index contributed by atoms with van der Waals surface area (Å²) in [5, 5.41) is 48.3. The standard InChI is InChI=1S/C30H35NO10.ClH/c1-12(2)31-17-9-20(40-13(3)25(17)33)41-19-11-30(38,14(4)32)10-16-22(19)29(37)24-23(27(16)35)26(34)15-7-6-8-18(39-5)21(15)28(24)36;/h6-8,12-13,17,19-20,25,31,33,35,37-38H,9-11H2,1-5H3;1H. The number of ether oxygens (including phenoxy) is 3. The number of phenolic OH excluding ortho intramolecular Hbond substituents is 2. The average molecular weight is 606 g/mol. The van der Waals surface area contributed by atoms with Crippen LogP contribution in [-0.4, -0.2) is 81.1 Å². The minimum absolute atomic E-state index is 0. The summed E-state index contributed by atoms with van der Waals surface area (Å²) < 4.78 is 17.5. The molecule has 12 heteroatoms. The molecular formula is C30H36ClNO10. The minimum Gasteiger partial charge on any atom is -0.507 e. The Morgan fingerprint density at radius 3 is 2.40 bits per heavy atom. The fourth-order valence-corrected chi connectivity index (χ4v) is 6.22. The second kappa shape index (κ2) is 11.6. The quantitative estimate of drug-likeness (QED) is 0.261. The predicted octanol–water partition coefficient (Wildman–Crippen LogP) is 2.49. The number of nitrogens with one attached hydrogen (secondary N) is 1. The number of aliphatic hydroxyl groups excluding tert-OH is 1. The Morgan fingerprint density at radius 2 is 1.79 bits per heavy atom. The van der Waals surface area contributed by atoms with Crippen molar-refractivity contribution in [3.05, 3.63) is 51.6 Å². The van der Waals surface area contributed by atoms with E-state index in [1.807, 2.05) is 13.8 Å². The minimum atomic E-state index is -1.99. The van der Waals surface area contributed by atoms with E-state index in [0.717, 1.165) is 0 Å². The van der Waals surface area contributed by atoms with Crippen LogP contribution < -0.4 is 10.1 Å². The molecule has 1 aliphatic heterocycles. The Bertz CT molecular complexity index is 1440. The van der Waals surface area contributed by atoms with E-state index >= 15 is 0 Å². The van der Waals surface area contributed by atoms with Crippen LogP contribution in [0, 0.1) is 0 Å². The van der Waals surface area contributed by atoms with Gasteiger partial charge in [-0.2, -0.15) is 0 Å². The van der Waals surface area contributed by atoms with Gasteiger partial charge in [-0.1, -0.05) is 26.0 Å². The summed E-state index contributed by atoms with van der Waals surface area (Å²) in [6, 6.07) is 4.13. The molecule has 0 spiro atoms. The molecule has 6 atom stereocenters. The summed E-state index contributed by atoms with van der Waals surface area (Å²) in [5.74, 6) is -3.09. The maximum atomic E-state index is 13.7. The monoisotopic (exact) mass is 605 g/mol. The lowest BCUT2D eigenvalue weighted by Crippen LogP contribution is -2.55. The van der Waals surface area contributed by atoms with Gasteiger partial charge in [0.05, 0.1) is 42.1 Å². The van der Waals surface area contributed by atoms with E-state index in [0.29, 0.717) is 0 Å². The van der Waals surface area contributed by atoms with Crippen molar-refractivity contribution < 1.29 is 49.0 Å². The highest BCUT2D eigenvalue weighted by atomic mass is 35.5. The third-order valence-electron chi connectivity index (χ3n) is 8.30. The number of carbonyl (C=O) groups excluding carboxylic acids is 3. The normalized spacial score (nSPS) is 28.4. The summed E-state index contributed by atoms with van der Waals surface area (Å²) in [5.41, 5.74) is -2.94. The molecule has 0 saturated carbocycles. The molecule has 5 N–H and O–H groups in total. The first kappa shape index (κ1) is 31.9. The highest BCUT2D eigenvalue weighted by Crippen LogP contribution is 2.52. The first-order valence-electron chi connectivity index (χ1n) is 13.6. The third-order valence-corrected chi connectivity index (χ3v) is 8.30. The van der Waals surface area contributed by atoms with Crippen LogP contribution in [0.3, 0.4) is 0 Å². The molecule has 2 aliphatic carbocycles. The number of Topliss-reactive ketones (excluding diaryl/α,β-unsaturated/α-hetero) is 1. The molecule has 3 aliphatic rings. The van der Waals surface area contributed by atoms with Crippen molar-refractivity contribution >= 4 is 29.8 Å². The highest BCUT2D eigenvalue weighted by Gasteiger charge is 2.49. The molecule has 0 bridgehead atoms. The first-order valence-corrected chi connectivity index (χ1v) is 13.6. The van der Waals surface area contributed by atoms with E-state index < -0.39 is 82.6 Å². The number of aliphatic hydroxyl groups is 2. The van der Waals surface area contributed by atoms with Gasteiger partial charge < -0.3 is 40.0 Å². The molecular weight excluding hydrogens is 570 g/mol. The van der Waals surface area contributed by atoms with Gasteiger partial charge in [0, 0.05) is 48.0 Å². The van der Waals surface area contributed by atoms with Gasteiger partial charge in [-0.25, -0.2) is 0 Å². The molecule has 1 heterocycles. The predicted molar refractivity (Wildman–Crippen MR) is 152 cm³/mol. The average Bonchev–Trinajstić information content (AvgIpc) is 2.91. The number of hydrogen-bond acceptors (Lipinski definition) is 11. The lowest BCUT2D eigenvalue weighted by Gasteiger charge is -2.43. The van der Waals surface area contributed by atoms with E-state index in [4.69, 9.17) is 14.2 Å². The van der Waals surface area contributed by atoms with E-state index in [-0.39, 0.29) is 59.3 Å². The summed E-state index contributed by atoms with van der Waals surface area (Å²) in [7, 11) is 1.35. The van der Waals surface area contributed by atoms with Gasteiger partial charge in [0.2, 0.25) is 5.78 Å². The number of hydrogen-bond donors (Lipinski definition) is 5. The van der Waals surface area contributed by atoms with Crippen LogP contribution in [0.2, 0.25) is 0 Å². The Kier molecular flexibility index (Phi) is 8.77. The largest absolute Gasteiger partial charge is 0.507 e. The van der Waals surface area contributed by atoms with Crippen LogP contribution in [-0.2, 0) is 20.7 Å². The molecule has 0 amide bonds. The second-order valence-corrected chi connectivity index (χ2v) is 11.4. The fraction of sp³-hybridized carbons (Fsp3) is 0.500. The molecule has 42 heavy (non-hydrogen) atoms. The number of phenols is 2. The van der Waals surface area contributed by atoms with Gasteiger partial charge in [0.15, 0.2) is 17.9 Å². The number of halogens is 1. The Labute approximate surface area is 249 Å². The molecule has 5 rings (SSSR count). The van der Waals surface area contributed by atoms with Crippen molar-refractivity contribution in [2.75, 3.05) is 7.11 Å². The van der Waals surface area contributed by atoms with Crippen LogP contribution in [0.1, 0.15) is 89.6 Å². The molecule has 1 saturated heterocycles. The summed E-state index contributed by atoms with van der Waals surface area (Å²) >= 11 is 0. The Hall–Kier alpha value is -3.06. The van der Waals surface area contributed by atoms with Gasteiger partial charge in [-0.05, 0) is 19.9 Å². The number of aromatic hydroxyl groups is 2. The van der Waals surface area contributed by atoms with Crippen molar-refractivity contribution in [2.24, 2.45) is 0 Å². The number of benzene rings is 2. The molecule has 0 radical (unpaired) electrons. The number of fused-ring (bicyclic) bond motifs is 3. The van der Waals surface area contributed by atoms with E-state index in [1.54, 1.807) is 6.92 Å². The van der Waals surface area contributed by atoms with E-state index in [1.165, 1.54) is 32.2 Å². The van der Waals surface area contributed by atoms with Gasteiger partial charge in [-0.3, -0.25) is 14.4 Å². The summed E-state index contributed by atoms with van der Waals surface area (Å²) in [4.78, 5) is 39.9. The van der Waals surface area contributed by atoms with Gasteiger partial charge >= 0.3 is 0 Å². The molecule has 6 unspecified atom stereocenters. The Morgan fingerprint density at radius 1 is 1.12 bits per heavy atom. The zero-order valence-corrected chi connectivity index (χ0v) is 24.8. The van der Waals surface area contributed by atoms with Crippen molar-refractivity contribution in [1.29, 1.82) is 0 Å². The number of rotatable bonds is 6. The maximum Gasteiger partial charge on any atom is 0.202 e. The van der Waals surface area contributed by atoms with Crippen LogP contribution in [0.4, 0.5) is 0 Å². The van der Waals surface area contributed by atoms with Gasteiger partial charge in [0.25, 0.3) is 0 Å². The topological polar surface area (TPSA) is 172 Å². The number of ketones is 3. The molecule has 2 aromatic carbocycles. The number of carbonyl (C=O) groups is 3. The number of methoxy groups -OCH3 is 1. The van der Waals surface area contributed by atoms with Crippen molar-refractivity contribution in [3.8, 4) is 17.2 Å². The fourth-order valence-electron chi connectivity index (χ4n) is 6.22. The van der Waals surface area contributed by atoms with E-state index in [2.05, 4.69) is 5.32 Å². The van der Waals surface area contributed by atoms with Crippen molar-refractivity contribution in [3.63, 3.8) is 0 Å². The van der Waals surface area contributed by atoms with Crippen molar-refractivity contribution in [2.45, 2.75) is 89.2 Å². The molecule has 228 valence electrons. The van der Waals surface area contributed by atoms with Crippen molar-refractivity contribution in [1.82, 2.24) is 5.32 Å². The lowest BCUT2D eigenvalue weighted by atomic mass is 9.72. The zero-order valence-electron chi connectivity index (χ0n) is 24.0. The third kappa shape index (κ3) is 5.08. The summed E-state index contributed by atoms with van der Waals surface area (Å²) in [6.07, 6.45) is -4.11. The smallest absolute Gasteiger partial charge is 0.202 e. The van der Waals surface area contributed by atoms with Crippen LogP contribution >= 0.6 is 12.4 Å². The summed E-state index contributed by atoms with van der Waals surface area (Å²) in [6.45, 7) is 6.75. The lowest BCUT2D eigenvalue weighted by molar-refractivity contribution is -0.250. The molecule has 2 aromatic rings. The maximum absolute atomic E-state index is 13.7. The first-order chi connectivity index (χ1) is 19.3. The zero-order chi connectivity index (χ0) is 30.0. The Balaban J connectivity index is 0.00000405. The van der Waals surface area contributed by atoms with Gasteiger partial charge in [-0.15, -0.1) is 12.4 Å².